The third kappa shape index (κ3) is 3.83. The van der Waals surface area contributed by atoms with Crippen LogP contribution in [0.3, 0.4) is 0 Å². The quantitative estimate of drug-likeness (QED) is 0.582. The number of rotatable bonds is 3. The van der Waals surface area contributed by atoms with Crippen molar-refractivity contribution in [2.24, 2.45) is 0 Å². The molecule has 8 heteroatoms. The molecule has 0 fully saturated rings. The number of phenols is 1. The SMILES string of the molecule is C[N+]1(Cc2cccc(C(F)(F)F)c2)CSC=C1c1cc(Cl)c(O)c(Cl)c1. The second-order valence-corrected chi connectivity index (χ2v) is 7.98. The normalized spacial score (nSPS) is 20.3. The van der Waals surface area contributed by atoms with Gasteiger partial charge in [0.2, 0.25) is 0 Å². The first-order chi connectivity index (χ1) is 12.1. The van der Waals surface area contributed by atoms with Crippen molar-refractivity contribution >= 4 is 40.7 Å². The largest absolute Gasteiger partial charge is 0.505 e. The van der Waals surface area contributed by atoms with Gasteiger partial charge in [0.1, 0.15) is 18.1 Å². The molecule has 0 aromatic heterocycles. The molecule has 1 unspecified atom stereocenters. The summed E-state index contributed by atoms with van der Waals surface area (Å²) in [5, 5.41) is 12.0. The topological polar surface area (TPSA) is 20.2 Å². The van der Waals surface area contributed by atoms with E-state index in [1.54, 1.807) is 30.0 Å². The molecule has 0 saturated carbocycles. The van der Waals surface area contributed by atoms with E-state index in [1.165, 1.54) is 12.1 Å². The molecule has 138 valence electrons. The lowest BCUT2D eigenvalue weighted by atomic mass is 10.1. The summed E-state index contributed by atoms with van der Waals surface area (Å²) in [6.07, 6.45) is -4.37. The minimum Gasteiger partial charge on any atom is -0.505 e. The smallest absolute Gasteiger partial charge is 0.416 e. The lowest BCUT2D eigenvalue weighted by Crippen LogP contribution is -2.38. The maximum absolute atomic E-state index is 13.0. The number of halogens is 5. The van der Waals surface area contributed by atoms with Gasteiger partial charge in [-0.3, -0.25) is 4.48 Å². The number of thioether (sulfide) groups is 1. The van der Waals surface area contributed by atoms with E-state index in [2.05, 4.69) is 0 Å². The van der Waals surface area contributed by atoms with Crippen LogP contribution < -0.4 is 0 Å². The number of phenolic OH excluding ortho intramolecular Hbond substituents is 1. The van der Waals surface area contributed by atoms with Crippen LogP contribution in [-0.2, 0) is 12.7 Å². The van der Waals surface area contributed by atoms with Crippen LogP contribution in [0.4, 0.5) is 13.2 Å². The molecule has 0 saturated heterocycles. The van der Waals surface area contributed by atoms with Gasteiger partial charge in [-0.2, -0.15) is 13.2 Å². The Bertz CT molecular complexity index is 862. The summed E-state index contributed by atoms with van der Waals surface area (Å²) in [7, 11) is 1.95. The zero-order valence-electron chi connectivity index (χ0n) is 13.6. The van der Waals surface area contributed by atoms with Crippen molar-refractivity contribution < 1.29 is 22.8 Å². The average molecular weight is 421 g/mol. The minimum absolute atomic E-state index is 0.135. The van der Waals surface area contributed by atoms with Crippen LogP contribution in [0.25, 0.3) is 5.70 Å². The van der Waals surface area contributed by atoms with Gasteiger partial charge >= 0.3 is 6.18 Å². The summed E-state index contributed by atoms with van der Waals surface area (Å²) >= 11 is 13.6. The summed E-state index contributed by atoms with van der Waals surface area (Å²) in [5.41, 5.74) is 1.55. The fourth-order valence-electron chi connectivity index (χ4n) is 2.95. The molecular weight excluding hydrogens is 406 g/mol. The minimum atomic E-state index is -4.37. The van der Waals surface area contributed by atoms with Crippen molar-refractivity contribution in [3.63, 3.8) is 0 Å². The van der Waals surface area contributed by atoms with Crippen molar-refractivity contribution in [1.82, 2.24) is 0 Å². The van der Waals surface area contributed by atoms with Gasteiger partial charge in [-0.25, -0.2) is 0 Å². The molecule has 1 N–H and O–H groups in total. The Labute approximate surface area is 163 Å². The number of benzene rings is 2. The molecule has 1 atom stereocenters. The van der Waals surface area contributed by atoms with Gasteiger partial charge in [0.25, 0.3) is 0 Å². The average Bonchev–Trinajstić information content (AvgIpc) is 2.93. The van der Waals surface area contributed by atoms with E-state index in [0.29, 0.717) is 22.5 Å². The zero-order valence-corrected chi connectivity index (χ0v) is 16.0. The summed E-state index contributed by atoms with van der Waals surface area (Å²) in [6.45, 7) is 0.388. The van der Waals surface area contributed by atoms with Gasteiger partial charge in [-0.1, -0.05) is 47.1 Å². The highest BCUT2D eigenvalue weighted by Crippen LogP contribution is 2.43. The van der Waals surface area contributed by atoms with Crippen LogP contribution in [0.1, 0.15) is 16.7 Å². The van der Waals surface area contributed by atoms with Crippen LogP contribution >= 0.6 is 35.0 Å². The molecule has 0 aliphatic carbocycles. The first-order valence-electron chi connectivity index (χ1n) is 7.61. The molecule has 0 radical (unpaired) electrons. The van der Waals surface area contributed by atoms with Crippen LogP contribution in [-0.4, -0.2) is 22.5 Å². The van der Waals surface area contributed by atoms with Crippen molar-refractivity contribution in [2.45, 2.75) is 12.7 Å². The molecule has 0 spiro atoms. The molecule has 1 aliphatic heterocycles. The first kappa shape index (κ1) is 19.4. The number of hydrogen-bond acceptors (Lipinski definition) is 2. The molecule has 1 heterocycles. The molecule has 2 aromatic carbocycles. The van der Waals surface area contributed by atoms with Gasteiger partial charge in [-0.15, -0.1) is 0 Å². The van der Waals surface area contributed by atoms with E-state index >= 15 is 0 Å². The number of aromatic hydroxyl groups is 1. The predicted octanol–water partition coefficient (Wildman–Crippen LogP) is 6.37. The zero-order chi connectivity index (χ0) is 19.1. The summed E-state index contributed by atoms with van der Waals surface area (Å²) < 4.78 is 39.3. The van der Waals surface area contributed by atoms with E-state index in [0.717, 1.165) is 17.3 Å². The number of alkyl halides is 3. The van der Waals surface area contributed by atoms with Crippen molar-refractivity contribution in [2.75, 3.05) is 12.9 Å². The predicted molar refractivity (Wildman–Crippen MR) is 99.9 cm³/mol. The highest BCUT2D eigenvalue weighted by Gasteiger charge is 2.36. The number of hydrogen-bond donors (Lipinski definition) is 1. The van der Waals surface area contributed by atoms with Crippen LogP contribution in [0.5, 0.6) is 5.75 Å². The van der Waals surface area contributed by atoms with Crippen molar-refractivity contribution in [1.29, 1.82) is 0 Å². The Morgan fingerprint density at radius 3 is 2.42 bits per heavy atom. The molecule has 3 rings (SSSR count). The Balaban J connectivity index is 1.94. The van der Waals surface area contributed by atoms with Crippen molar-refractivity contribution in [3.8, 4) is 5.75 Å². The molecule has 0 bridgehead atoms. The first-order valence-corrected chi connectivity index (χ1v) is 9.42. The van der Waals surface area contributed by atoms with E-state index in [1.807, 2.05) is 12.5 Å². The van der Waals surface area contributed by atoms with Gasteiger partial charge in [0.15, 0.2) is 5.75 Å². The number of quaternary nitrogens is 1. The Morgan fingerprint density at radius 1 is 1.15 bits per heavy atom. The third-order valence-corrected chi connectivity index (χ3v) is 5.92. The summed E-state index contributed by atoms with van der Waals surface area (Å²) in [6, 6.07) is 8.59. The molecule has 1 aliphatic rings. The van der Waals surface area contributed by atoms with Crippen molar-refractivity contribution in [3.05, 3.63) is 68.5 Å². The molecule has 0 amide bonds. The van der Waals surface area contributed by atoms with E-state index in [-0.39, 0.29) is 15.8 Å². The second kappa shape index (κ2) is 7.00. The van der Waals surface area contributed by atoms with Gasteiger partial charge in [-0.05, 0) is 24.3 Å². The lowest BCUT2D eigenvalue weighted by Gasteiger charge is -2.32. The second-order valence-electron chi connectivity index (χ2n) is 6.34. The fourth-order valence-corrected chi connectivity index (χ4v) is 4.62. The Kier molecular flexibility index (Phi) is 5.23. The van der Waals surface area contributed by atoms with Gasteiger partial charge in [0, 0.05) is 16.5 Å². The maximum Gasteiger partial charge on any atom is 0.416 e. The highest BCUT2D eigenvalue weighted by atomic mass is 35.5. The monoisotopic (exact) mass is 420 g/mol. The van der Waals surface area contributed by atoms with Gasteiger partial charge < -0.3 is 5.11 Å². The third-order valence-electron chi connectivity index (χ3n) is 4.23. The highest BCUT2D eigenvalue weighted by molar-refractivity contribution is 8.02. The summed E-state index contributed by atoms with van der Waals surface area (Å²) in [4.78, 5) is 0. The Hall–Kier alpha value is -1.34. The Morgan fingerprint density at radius 2 is 1.81 bits per heavy atom. The summed E-state index contributed by atoms with van der Waals surface area (Å²) in [5.74, 6) is 0.484. The van der Waals surface area contributed by atoms with E-state index in [4.69, 9.17) is 23.2 Å². The lowest BCUT2D eigenvalue weighted by molar-refractivity contribution is -0.838. The molecular formula is C18H15Cl2F3NOS+. The van der Waals surface area contributed by atoms with Crippen LogP contribution in [0.2, 0.25) is 10.0 Å². The molecule has 2 aromatic rings. The standard InChI is InChI=1S/C18H14Cl2F3NOS/c1-24(8-11-3-2-4-13(5-11)18(21,22)23)10-26-9-16(24)12-6-14(19)17(25)15(20)7-12/h2-7,9H,8,10H2,1H3/p+1. The van der Waals surface area contributed by atoms with Gasteiger partial charge in [0.05, 0.1) is 22.7 Å². The van der Waals surface area contributed by atoms with Crippen LogP contribution in [0.15, 0.2) is 41.8 Å². The number of nitrogens with zero attached hydrogens (tertiary/aromatic N) is 1. The van der Waals surface area contributed by atoms with E-state index in [9.17, 15) is 18.3 Å². The fraction of sp³-hybridized carbons (Fsp3) is 0.222. The maximum atomic E-state index is 13.0. The molecule has 26 heavy (non-hydrogen) atoms. The van der Waals surface area contributed by atoms with Crippen LogP contribution in [0, 0.1) is 0 Å². The molecule has 2 nitrogen and oxygen atoms in total. The van der Waals surface area contributed by atoms with E-state index < -0.39 is 11.7 Å².